The number of carbonyl (C=O) groups excluding carboxylic acids is 1. The molecule has 0 bridgehead atoms. The standard InChI is InChI=1S/C23H25IN2O3S/c1-5-25-23-26(6-2)22(27)20(30-23)13-17-11-18(24)21(19(12-17)28-4)29-14-16-9-7-8-15(3)10-16/h7-13H,5-6,14H2,1-4H3/b20-13+,25-23?. The number of hydrogen-bond donors (Lipinski definition) is 0. The number of benzene rings is 2. The van der Waals surface area contributed by atoms with Crippen molar-refractivity contribution < 1.29 is 14.3 Å². The molecule has 0 saturated carbocycles. The Hall–Kier alpha value is -2.00. The average Bonchev–Trinajstić information content (AvgIpc) is 3.01. The Labute approximate surface area is 195 Å². The number of aryl methyl sites for hydroxylation is 1. The highest BCUT2D eigenvalue weighted by atomic mass is 127. The highest BCUT2D eigenvalue weighted by Crippen LogP contribution is 2.37. The molecule has 3 rings (SSSR count). The molecule has 30 heavy (non-hydrogen) atoms. The maximum absolute atomic E-state index is 12.7. The zero-order chi connectivity index (χ0) is 21.7. The topological polar surface area (TPSA) is 51.1 Å². The Morgan fingerprint density at radius 3 is 2.70 bits per heavy atom. The molecule has 2 aromatic rings. The second kappa shape index (κ2) is 10.3. The van der Waals surface area contributed by atoms with Gasteiger partial charge in [-0.05, 0) is 84.5 Å². The number of rotatable bonds is 7. The van der Waals surface area contributed by atoms with Crippen LogP contribution in [0.25, 0.3) is 6.08 Å². The van der Waals surface area contributed by atoms with E-state index in [2.05, 4.69) is 46.6 Å². The van der Waals surface area contributed by atoms with E-state index in [1.54, 1.807) is 12.0 Å². The number of thioether (sulfide) groups is 1. The average molecular weight is 536 g/mol. The Morgan fingerprint density at radius 2 is 2.03 bits per heavy atom. The van der Waals surface area contributed by atoms with Gasteiger partial charge in [0.05, 0.1) is 15.6 Å². The van der Waals surface area contributed by atoms with E-state index in [9.17, 15) is 4.79 Å². The first kappa shape index (κ1) is 22.7. The van der Waals surface area contributed by atoms with E-state index in [0.717, 1.165) is 19.9 Å². The van der Waals surface area contributed by atoms with Crippen molar-refractivity contribution in [2.75, 3.05) is 20.2 Å². The minimum Gasteiger partial charge on any atom is -0.493 e. The van der Waals surface area contributed by atoms with Gasteiger partial charge in [-0.1, -0.05) is 29.8 Å². The summed E-state index contributed by atoms with van der Waals surface area (Å²) in [5.74, 6) is 1.34. The zero-order valence-corrected chi connectivity index (χ0v) is 20.5. The van der Waals surface area contributed by atoms with Gasteiger partial charge in [-0.3, -0.25) is 14.7 Å². The van der Waals surface area contributed by atoms with Gasteiger partial charge in [-0.15, -0.1) is 0 Å². The van der Waals surface area contributed by atoms with Crippen molar-refractivity contribution >= 4 is 51.5 Å². The van der Waals surface area contributed by atoms with E-state index in [-0.39, 0.29) is 5.91 Å². The summed E-state index contributed by atoms with van der Waals surface area (Å²) in [5.41, 5.74) is 3.20. The summed E-state index contributed by atoms with van der Waals surface area (Å²) in [4.78, 5) is 19.5. The molecule has 0 spiro atoms. The van der Waals surface area contributed by atoms with E-state index in [4.69, 9.17) is 9.47 Å². The van der Waals surface area contributed by atoms with Gasteiger partial charge < -0.3 is 9.47 Å². The summed E-state index contributed by atoms with van der Waals surface area (Å²) in [6.45, 7) is 7.71. The van der Waals surface area contributed by atoms with Gasteiger partial charge in [0.15, 0.2) is 16.7 Å². The van der Waals surface area contributed by atoms with E-state index in [1.165, 1.54) is 17.3 Å². The number of ether oxygens (including phenoxy) is 2. The van der Waals surface area contributed by atoms with Gasteiger partial charge >= 0.3 is 0 Å². The molecule has 1 aliphatic heterocycles. The molecule has 2 aromatic carbocycles. The number of halogens is 1. The smallest absolute Gasteiger partial charge is 0.266 e. The van der Waals surface area contributed by atoms with E-state index >= 15 is 0 Å². The molecule has 0 N–H and O–H groups in total. The van der Waals surface area contributed by atoms with Crippen molar-refractivity contribution in [1.29, 1.82) is 0 Å². The highest BCUT2D eigenvalue weighted by Gasteiger charge is 2.31. The Balaban J connectivity index is 1.86. The minimum atomic E-state index is -0.0107. The number of amides is 1. The number of likely N-dealkylation sites (N-methyl/N-ethyl adjacent to an activating group) is 1. The first-order valence-electron chi connectivity index (χ1n) is 9.78. The summed E-state index contributed by atoms with van der Waals surface area (Å²) in [6.07, 6.45) is 1.89. The maximum Gasteiger partial charge on any atom is 0.266 e. The molecule has 0 atom stereocenters. The molecule has 7 heteroatoms. The third kappa shape index (κ3) is 5.18. The highest BCUT2D eigenvalue weighted by molar-refractivity contribution is 14.1. The van der Waals surface area contributed by atoms with Crippen molar-refractivity contribution in [1.82, 2.24) is 4.90 Å². The maximum atomic E-state index is 12.7. The van der Waals surface area contributed by atoms with Gasteiger partial charge in [0.2, 0.25) is 0 Å². The van der Waals surface area contributed by atoms with Crippen LogP contribution in [0.5, 0.6) is 11.5 Å². The zero-order valence-electron chi connectivity index (χ0n) is 17.6. The molecule has 5 nitrogen and oxygen atoms in total. The number of hydrogen-bond acceptors (Lipinski definition) is 5. The summed E-state index contributed by atoms with van der Waals surface area (Å²) in [6, 6.07) is 12.1. The molecule has 1 amide bonds. The molecule has 1 aliphatic rings. The summed E-state index contributed by atoms with van der Waals surface area (Å²) in [5, 5.41) is 0.760. The van der Waals surface area contributed by atoms with E-state index < -0.39 is 0 Å². The van der Waals surface area contributed by atoms with Gasteiger partial charge in [-0.2, -0.15) is 0 Å². The lowest BCUT2D eigenvalue weighted by atomic mass is 10.1. The summed E-state index contributed by atoms with van der Waals surface area (Å²) >= 11 is 3.66. The molecule has 158 valence electrons. The first-order chi connectivity index (χ1) is 14.5. The fraction of sp³-hybridized carbons (Fsp3) is 0.304. The molecule has 0 unspecified atom stereocenters. The number of aliphatic imine (C=N–C) groups is 1. The van der Waals surface area contributed by atoms with Crippen LogP contribution >= 0.6 is 34.4 Å². The fourth-order valence-corrected chi connectivity index (χ4v) is 5.00. The van der Waals surface area contributed by atoms with Crippen LogP contribution in [-0.2, 0) is 11.4 Å². The van der Waals surface area contributed by atoms with Crippen molar-refractivity contribution in [2.24, 2.45) is 4.99 Å². The normalized spacial score (nSPS) is 16.6. The molecular formula is C23H25IN2O3S. The number of amidine groups is 1. The lowest BCUT2D eigenvalue weighted by molar-refractivity contribution is -0.122. The van der Waals surface area contributed by atoms with E-state index in [0.29, 0.717) is 36.1 Å². The monoisotopic (exact) mass is 536 g/mol. The molecule has 1 heterocycles. The molecule has 1 saturated heterocycles. The molecular weight excluding hydrogens is 511 g/mol. The number of methoxy groups -OCH3 is 1. The van der Waals surface area contributed by atoms with Gasteiger partial charge in [0.1, 0.15) is 6.61 Å². The SMILES string of the molecule is CCN=C1S/C(=C/c2cc(I)c(OCc3cccc(C)c3)c(OC)c2)C(=O)N1CC. The van der Waals surface area contributed by atoms with Crippen LogP contribution in [0, 0.1) is 10.5 Å². The van der Waals surface area contributed by atoms with Crippen LogP contribution in [-0.4, -0.2) is 36.2 Å². The lowest BCUT2D eigenvalue weighted by Crippen LogP contribution is -2.28. The number of nitrogens with zero attached hydrogens (tertiary/aromatic N) is 2. The van der Waals surface area contributed by atoms with Crippen LogP contribution in [0.2, 0.25) is 0 Å². The van der Waals surface area contributed by atoms with Gasteiger partial charge in [0, 0.05) is 13.1 Å². The van der Waals surface area contributed by atoms with Gasteiger partial charge in [0.25, 0.3) is 5.91 Å². The molecule has 0 radical (unpaired) electrons. The van der Waals surface area contributed by atoms with Crippen LogP contribution < -0.4 is 9.47 Å². The molecule has 0 aromatic heterocycles. The van der Waals surface area contributed by atoms with Crippen molar-refractivity contribution in [3.8, 4) is 11.5 Å². The largest absolute Gasteiger partial charge is 0.493 e. The van der Waals surface area contributed by atoms with Crippen LogP contribution in [0.15, 0.2) is 46.3 Å². The van der Waals surface area contributed by atoms with E-state index in [1.807, 2.05) is 44.2 Å². The summed E-state index contributed by atoms with van der Waals surface area (Å²) < 4.78 is 12.6. The predicted octanol–water partition coefficient (Wildman–Crippen LogP) is 5.50. The van der Waals surface area contributed by atoms with Crippen LogP contribution in [0.1, 0.15) is 30.5 Å². The van der Waals surface area contributed by atoms with Crippen LogP contribution in [0.4, 0.5) is 0 Å². The molecule has 1 fully saturated rings. The Kier molecular flexibility index (Phi) is 7.82. The second-order valence-electron chi connectivity index (χ2n) is 6.73. The Bertz CT molecular complexity index is 1000. The minimum absolute atomic E-state index is 0.0107. The lowest BCUT2D eigenvalue weighted by Gasteiger charge is -2.14. The second-order valence-corrected chi connectivity index (χ2v) is 8.90. The quantitative estimate of drug-likeness (QED) is 0.347. The third-order valence-electron chi connectivity index (χ3n) is 4.51. The van der Waals surface area contributed by atoms with Crippen molar-refractivity contribution in [3.63, 3.8) is 0 Å². The fourth-order valence-electron chi connectivity index (χ4n) is 3.11. The number of carbonyl (C=O) groups is 1. The van der Waals surface area contributed by atoms with Crippen LogP contribution in [0.3, 0.4) is 0 Å². The molecule has 0 aliphatic carbocycles. The Morgan fingerprint density at radius 1 is 1.23 bits per heavy atom. The predicted molar refractivity (Wildman–Crippen MR) is 132 cm³/mol. The third-order valence-corrected chi connectivity index (χ3v) is 6.36. The van der Waals surface area contributed by atoms with Crippen molar-refractivity contribution in [2.45, 2.75) is 27.4 Å². The summed E-state index contributed by atoms with van der Waals surface area (Å²) in [7, 11) is 1.63. The van der Waals surface area contributed by atoms with Gasteiger partial charge in [-0.25, -0.2) is 0 Å². The first-order valence-corrected chi connectivity index (χ1v) is 11.7. The van der Waals surface area contributed by atoms with Crippen molar-refractivity contribution in [3.05, 3.63) is 61.6 Å².